The quantitative estimate of drug-likeness (QED) is 0.869. The zero-order chi connectivity index (χ0) is 15.4. The highest BCUT2D eigenvalue weighted by Crippen LogP contribution is 2.20. The molecule has 1 N–H and O–H groups in total. The third kappa shape index (κ3) is 4.64. The molecule has 21 heavy (non-hydrogen) atoms. The van der Waals surface area contributed by atoms with Crippen molar-refractivity contribution in [1.29, 1.82) is 0 Å². The van der Waals surface area contributed by atoms with Gasteiger partial charge < -0.3 is 14.6 Å². The van der Waals surface area contributed by atoms with Crippen LogP contribution in [0.1, 0.15) is 36.5 Å². The lowest BCUT2D eigenvalue weighted by atomic mass is 10.1. The van der Waals surface area contributed by atoms with Crippen molar-refractivity contribution >= 4 is 5.69 Å². The van der Waals surface area contributed by atoms with Crippen LogP contribution in [-0.4, -0.2) is 13.1 Å². The van der Waals surface area contributed by atoms with Gasteiger partial charge in [0.15, 0.2) is 0 Å². The lowest BCUT2D eigenvalue weighted by Gasteiger charge is -2.19. The minimum absolute atomic E-state index is 0.469. The molecule has 0 fully saturated rings. The minimum atomic E-state index is 0.469. The summed E-state index contributed by atoms with van der Waals surface area (Å²) < 4.78 is 5.88. The Kier molecular flexibility index (Phi) is 5.07. The number of furan rings is 1. The molecule has 1 aromatic carbocycles. The average molecular weight is 286 g/mol. The van der Waals surface area contributed by atoms with E-state index < -0.39 is 0 Å². The standard InChI is InChI=1S/C18H26N2O/c1-13(2)19-11-17-6-7-18(21-17)12-20(5)16-9-14(3)8-15(4)10-16/h6-10,13,19H,11-12H2,1-5H3. The highest BCUT2D eigenvalue weighted by atomic mass is 16.3. The van der Waals surface area contributed by atoms with Gasteiger partial charge in [-0.3, -0.25) is 0 Å². The first-order valence-corrected chi connectivity index (χ1v) is 7.54. The van der Waals surface area contributed by atoms with Gasteiger partial charge in [0.2, 0.25) is 0 Å². The fourth-order valence-corrected chi connectivity index (χ4v) is 2.40. The fourth-order valence-electron chi connectivity index (χ4n) is 2.40. The van der Waals surface area contributed by atoms with Crippen molar-refractivity contribution in [1.82, 2.24) is 5.32 Å². The third-order valence-electron chi connectivity index (χ3n) is 3.44. The summed E-state index contributed by atoms with van der Waals surface area (Å²) >= 11 is 0. The van der Waals surface area contributed by atoms with Crippen LogP contribution in [0, 0.1) is 13.8 Å². The van der Waals surface area contributed by atoms with Gasteiger partial charge in [-0.1, -0.05) is 19.9 Å². The molecule has 2 rings (SSSR count). The van der Waals surface area contributed by atoms with Crippen LogP contribution in [0.15, 0.2) is 34.7 Å². The lowest BCUT2D eigenvalue weighted by Crippen LogP contribution is -2.21. The number of anilines is 1. The van der Waals surface area contributed by atoms with Gasteiger partial charge in [-0.25, -0.2) is 0 Å². The molecule has 0 saturated carbocycles. The van der Waals surface area contributed by atoms with Gasteiger partial charge in [0.25, 0.3) is 0 Å². The summed E-state index contributed by atoms with van der Waals surface area (Å²) in [5.41, 5.74) is 3.81. The molecular weight excluding hydrogens is 260 g/mol. The second kappa shape index (κ2) is 6.81. The summed E-state index contributed by atoms with van der Waals surface area (Å²) in [6.07, 6.45) is 0. The predicted octanol–water partition coefficient (Wildman–Crippen LogP) is 4.03. The number of benzene rings is 1. The molecule has 0 bridgehead atoms. The second-order valence-corrected chi connectivity index (χ2v) is 6.11. The van der Waals surface area contributed by atoms with Gasteiger partial charge in [0, 0.05) is 18.8 Å². The molecule has 0 spiro atoms. The molecule has 0 aliphatic carbocycles. The maximum atomic E-state index is 5.88. The number of nitrogens with zero attached hydrogens (tertiary/aromatic N) is 1. The molecule has 0 atom stereocenters. The Labute approximate surface area is 128 Å². The molecule has 2 aromatic rings. The fraction of sp³-hybridized carbons (Fsp3) is 0.444. The van der Waals surface area contributed by atoms with E-state index in [9.17, 15) is 0 Å². The number of hydrogen-bond acceptors (Lipinski definition) is 3. The Morgan fingerprint density at radius 1 is 1.05 bits per heavy atom. The summed E-state index contributed by atoms with van der Waals surface area (Å²) in [7, 11) is 2.10. The lowest BCUT2D eigenvalue weighted by molar-refractivity contribution is 0.434. The van der Waals surface area contributed by atoms with Crippen LogP contribution < -0.4 is 10.2 Å². The summed E-state index contributed by atoms with van der Waals surface area (Å²) in [4.78, 5) is 2.22. The van der Waals surface area contributed by atoms with E-state index in [1.165, 1.54) is 16.8 Å². The Hall–Kier alpha value is -1.74. The van der Waals surface area contributed by atoms with Gasteiger partial charge in [-0.05, 0) is 49.2 Å². The monoisotopic (exact) mass is 286 g/mol. The molecule has 0 aliphatic rings. The van der Waals surface area contributed by atoms with Gasteiger partial charge in [0.05, 0.1) is 13.1 Å². The third-order valence-corrected chi connectivity index (χ3v) is 3.44. The topological polar surface area (TPSA) is 28.4 Å². The molecule has 3 nitrogen and oxygen atoms in total. The van der Waals surface area contributed by atoms with Crippen molar-refractivity contribution in [2.24, 2.45) is 0 Å². The Balaban J connectivity index is 2.00. The molecule has 114 valence electrons. The molecule has 0 aliphatic heterocycles. The van der Waals surface area contributed by atoms with Crippen molar-refractivity contribution in [2.45, 2.75) is 46.8 Å². The van der Waals surface area contributed by atoms with Gasteiger partial charge >= 0.3 is 0 Å². The molecule has 1 aromatic heterocycles. The van der Waals surface area contributed by atoms with E-state index in [1.807, 2.05) is 0 Å². The molecule has 0 radical (unpaired) electrons. The SMILES string of the molecule is Cc1cc(C)cc(N(C)Cc2ccc(CNC(C)C)o2)c1. The smallest absolute Gasteiger partial charge is 0.123 e. The zero-order valence-corrected chi connectivity index (χ0v) is 13.7. The van der Waals surface area contributed by atoms with Crippen molar-refractivity contribution in [3.05, 3.63) is 53.0 Å². The second-order valence-electron chi connectivity index (χ2n) is 6.11. The van der Waals surface area contributed by atoms with E-state index in [0.29, 0.717) is 6.04 Å². The first kappa shape index (κ1) is 15.6. The van der Waals surface area contributed by atoms with Crippen LogP contribution in [0.4, 0.5) is 5.69 Å². The van der Waals surface area contributed by atoms with Crippen LogP contribution in [0.5, 0.6) is 0 Å². The molecule has 1 heterocycles. The van der Waals surface area contributed by atoms with E-state index in [4.69, 9.17) is 4.42 Å². The van der Waals surface area contributed by atoms with E-state index in [2.05, 4.69) is 75.3 Å². The Morgan fingerprint density at radius 2 is 1.67 bits per heavy atom. The first-order chi connectivity index (χ1) is 9.94. The zero-order valence-electron chi connectivity index (χ0n) is 13.7. The van der Waals surface area contributed by atoms with E-state index in [1.54, 1.807) is 0 Å². The van der Waals surface area contributed by atoms with Crippen LogP contribution in [0.25, 0.3) is 0 Å². The van der Waals surface area contributed by atoms with Gasteiger partial charge in [-0.15, -0.1) is 0 Å². The number of nitrogens with one attached hydrogen (secondary N) is 1. The normalized spacial score (nSPS) is 11.1. The largest absolute Gasteiger partial charge is 0.463 e. The van der Waals surface area contributed by atoms with Crippen LogP contribution >= 0.6 is 0 Å². The van der Waals surface area contributed by atoms with Crippen molar-refractivity contribution < 1.29 is 4.42 Å². The van der Waals surface area contributed by atoms with Gasteiger partial charge in [0.1, 0.15) is 11.5 Å². The van der Waals surface area contributed by atoms with Crippen molar-refractivity contribution in [2.75, 3.05) is 11.9 Å². The van der Waals surface area contributed by atoms with E-state index >= 15 is 0 Å². The maximum absolute atomic E-state index is 5.88. The minimum Gasteiger partial charge on any atom is -0.463 e. The summed E-state index contributed by atoms with van der Waals surface area (Å²) in [6.45, 7) is 10.1. The number of rotatable bonds is 6. The maximum Gasteiger partial charge on any atom is 0.123 e. The van der Waals surface area contributed by atoms with Gasteiger partial charge in [-0.2, -0.15) is 0 Å². The molecule has 3 heteroatoms. The molecular formula is C18H26N2O. The summed E-state index contributed by atoms with van der Waals surface area (Å²) in [6, 6.07) is 11.2. The summed E-state index contributed by atoms with van der Waals surface area (Å²) in [5, 5.41) is 3.37. The van der Waals surface area contributed by atoms with Crippen LogP contribution in [-0.2, 0) is 13.1 Å². The molecule has 0 amide bonds. The van der Waals surface area contributed by atoms with Crippen LogP contribution in [0.2, 0.25) is 0 Å². The van der Waals surface area contributed by atoms with Crippen molar-refractivity contribution in [3.8, 4) is 0 Å². The molecule has 0 unspecified atom stereocenters. The predicted molar refractivity (Wildman–Crippen MR) is 88.7 cm³/mol. The van der Waals surface area contributed by atoms with Crippen molar-refractivity contribution in [3.63, 3.8) is 0 Å². The summed E-state index contributed by atoms with van der Waals surface area (Å²) in [5.74, 6) is 1.99. The molecule has 0 saturated heterocycles. The highest BCUT2D eigenvalue weighted by molar-refractivity contribution is 5.50. The first-order valence-electron chi connectivity index (χ1n) is 7.54. The Bertz CT molecular complexity index is 566. The number of aryl methyl sites for hydroxylation is 2. The number of hydrogen-bond donors (Lipinski definition) is 1. The van der Waals surface area contributed by atoms with E-state index in [0.717, 1.165) is 24.6 Å². The highest BCUT2D eigenvalue weighted by Gasteiger charge is 2.08. The average Bonchev–Trinajstić information content (AvgIpc) is 2.83. The van der Waals surface area contributed by atoms with E-state index in [-0.39, 0.29) is 0 Å². The Morgan fingerprint density at radius 3 is 2.29 bits per heavy atom. The van der Waals surface area contributed by atoms with Crippen LogP contribution in [0.3, 0.4) is 0 Å².